The van der Waals surface area contributed by atoms with Crippen LogP contribution in [-0.4, -0.2) is 13.1 Å². The van der Waals surface area contributed by atoms with Gasteiger partial charge in [0.25, 0.3) is 0 Å². The van der Waals surface area contributed by atoms with Gasteiger partial charge in [-0.25, -0.2) is 0 Å². The predicted molar refractivity (Wildman–Crippen MR) is 53.1 cm³/mol. The van der Waals surface area contributed by atoms with E-state index in [1.165, 1.54) is 32.2 Å². The Morgan fingerprint density at radius 3 is 2.62 bits per heavy atom. The summed E-state index contributed by atoms with van der Waals surface area (Å²) in [6, 6.07) is 0. The van der Waals surface area contributed by atoms with Crippen LogP contribution in [0.3, 0.4) is 0 Å². The summed E-state index contributed by atoms with van der Waals surface area (Å²) in [6.45, 7) is 1.95. The van der Waals surface area contributed by atoms with Gasteiger partial charge in [0.2, 0.25) is 0 Å². The number of rotatable bonds is 3. The lowest BCUT2D eigenvalue weighted by atomic mass is 9.31. The third-order valence-electron chi connectivity index (χ3n) is 4.92. The Hall–Kier alpha value is -0.480. The number of hydrogen-bond acceptors (Lipinski definition) is 1. The van der Waals surface area contributed by atoms with Gasteiger partial charge in [-0.3, -0.25) is 0 Å². The molecule has 0 aromatic carbocycles. The molecule has 3 rings (SSSR count). The van der Waals surface area contributed by atoms with Crippen LogP contribution in [-0.2, 0) is 0 Å². The van der Waals surface area contributed by atoms with Gasteiger partial charge in [0, 0.05) is 6.54 Å². The first kappa shape index (κ1) is 7.88. The number of fused-ring (bicyclic) bond motifs is 4. The Bertz CT molecular complexity index is 253. The Morgan fingerprint density at radius 2 is 2.15 bits per heavy atom. The maximum atomic E-state index is 5.23. The molecule has 3 unspecified atom stereocenters. The van der Waals surface area contributed by atoms with Crippen molar-refractivity contribution in [3.63, 3.8) is 0 Å². The molecule has 13 heavy (non-hydrogen) atoms. The van der Waals surface area contributed by atoms with Gasteiger partial charge in [-0.15, -0.1) is 6.42 Å². The molecule has 0 radical (unpaired) electrons. The zero-order chi connectivity index (χ0) is 8.89. The SMILES string of the molecule is C#CCNCC12CCC1[C@H]1CCC12. The second-order valence-electron chi connectivity index (χ2n) is 5.03. The molecular formula is C12H17N. The molecule has 0 saturated heterocycles. The Kier molecular flexibility index (Phi) is 1.52. The van der Waals surface area contributed by atoms with Gasteiger partial charge in [-0.2, -0.15) is 0 Å². The highest BCUT2D eigenvalue weighted by atomic mass is 14.9. The molecule has 0 spiro atoms. The first-order chi connectivity index (χ1) is 6.38. The fourth-order valence-corrected chi connectivity index (χ4v) is 4.10. The second-order valence-corrected chi connectivity index (χ2v) is 5.03. The van der Waals surface area contributed by atoms with Crippen LogP contribution in [0.2, 0.25) is 0 Å². The van der Waals surface area contributed by atoms with E-state index in [0.717, 1.165) is 29.7 Å². The summed E-state index contributed by atoms with van der Waals surface area (Å²) < 4.78 is 0. The smallest absolute Gasteiger partial charge is 0.0574 e. The van der Waals surface area contributed by atoms with Gasteiger partial charge >= 0.3 is 0 Å². The molecule has 3 aliphatic carbocycles. The Balaban J connectivity index is 1.60. The quantitative estimate of drug-likeness (QED) is 0.508. The van der Waals surface area contributed by atoms with Gasteiger partial charge in [-0.05, 0) is 48.9 Å². The van der Waals surface area contributed by atoms with Crippen molar-refractivity contribution in [3.05, 3.63) is 0 Å². The normalized spacial score (nSPS) is 50.2. The minimum Gasteiger partial charge on any atom is -0.306 e. The summed E-state index contributed by atoms with van der Waals surface area (Å²) in [5, 5.41) is 3.41. The molecular weight excluding hydrogens is 158 g/mol. The van der Waals surface area contributed by atoms with Crippen molar-refractivity contribution in [2.45, 2.75) is 25.7 Å². The Labute approximate surface area is 80.3 Å². The van der Waals surface area contributed by atoms with Crippen LogP contribution in [0.5, 0.6) is 0 Å². The van der Waals surface area contributed by atoms with Gasteiger partial charge in [0.15, 0.2) is 0 Å². The summed E-state index contributed by atoms with van der Waals surface area (Å²) in [6.07, 6.45) is 11.2. The third kappa shape index (κ3) is 0.783. The van der Waals surface area contributed by atoms with E-state index >= 15 is 0 Å². The van der Waals surface area contributed by atoms with Gasteiger partial charge in [0.05, 0.1) is 6.54 Å². The molecule has 3 saturated carbocycles. The van der Waals surface area contributed by atoms with E-state index in [9.17, 15) is 0 Å². The first-order valence-corrected chi connectivity index (χ1v) is 5.53. The van der Waals surface area contributed by atoms with Gasteiger partial charge < -0.3 is 5.32 Å². The topological polar surface area (TPSA) is 12.0 Å². The van der Waals surface area contributed by atoms with Crippen LogP contribution >= 0.6 is 0 Å². The van der Waals surface area contributed by atoms with Crippen LogP contribution < -0.4 is 5.32 Å². The lowest BCUT2D eigenvalue weighted by Gasteiger charge is -2.74. The second kappa shape index (κ2) is 2.51. The fraction of sp³-hybridized carbons (Fsp3) is 0.833. The molecule has 0 aromatic heterocycles. The minimum atomic E-state index is 0.722. The van der Waals surface area contributed by atoms with Crippen molar-refractivity contribution < 1.29 is 0 Å². The van der Waals surface area contributed by atoms with Crippen LogP contribution in [0, 0.1) is 35.5 Å². The standard InChI is InChI=1S/C12H17N/c1-2-7-13-8-12-6-5-11(12)9-3-4-10(9)12/h1,9-11,13H,3-8H2/t9-,10?,11?,12?/m0/s1. The molecule has 70 valence electrons. The molecule has 0 aromatic rings. The molecule has 0 bridgehead atoms. The summed E-state index contributed by atoms with van der Waals surface area (Å²) in [7, 11) is 0. The highest BCUT2D eigenvalue weighted by Crippen LogP contribution is 2.74. The molecule has 1 nitrogen and oxygen atoms in total. The average Bonchev–Trinajstić information content (AvgIpc) is 2.08. The largest absolute Gasteiger partial charge is 0.306 e. The fourth-order valence-electron chi connectivity index (χ4n) is 4.10. The van der Waals surface area contributed by atoms with Crippen LogP contribution in [0.25, 0.3) is 0 Å². The van der Waals surface area contributed by atoms with E-state index in [2.05, 4.69) is 11.2 Å². The molecule has 0 heterocycles. The van der Waals surface area contributed by atoms with Crippen molar-refractivity contribution in [1.29, 1.82) is 0 Å². The van der Waals surface area contributed by atoms with Crippen LogP contribution in [0.4, 0.5) is 0 Å². The number of nitrogens with one attached hydrogen (secondary N) is 1. The molecule has 0 aliphatic heterocycles. The van der Waals surface area contributed by atoms with Crippen molar-refractivity contribution in [1.82, 2.24) is 5.32 Å². The molecule has 3 fully saturated rings. The van der Waals surface area contributed by atoms with Gasteiger partial charge in [0.1, 0.15) is 0 Å². The van der Waals surface area contributed by atoms with E-state index < -0.39 is 0 Å². The van der Waals surface area contributed by atoms with Crippen LogP contribution in [0.15, 0.2) is 0 Å². The maximum absolute atomic E-state index is 5.23. The van der Waals surface area contributed by atoms with Crippen molar-refractivity contribution >= 4 is 0 Å². The van der Waals surface area contributed by atoms with Crippen LogP contribution in [0.1, 0.15) is 25.7 Å². The Morgan fingerprint density at radius 1 is 1.31 bits per heavy atom. The third-order valence-corrected chi connectivity index (χ3v) is 4.92. The van der Waals surface area contributed by atoms with E-state index in [4.69, 9.17) is 6.42 Å². The van der Waals surface area contributed by atoms with E-state index in [1.807, 2.05) is 0 Å². The minimum absolute atomic E-state index is 0.722. The highest BCUT2D eigenvalue weighted by molar-refractivity contribution is 5.18. The summed E-state index contributed by atoms with van der Waals surface area (Å²) in [4.78, 5) is 0. The molecule has 0 amide bonds. The zero-order valence-electron chi connectivity index (χ0n) is 8.05. The highest BCUT2D eigenvalue weighted by Gasteiger charge is 2.68. The average molecular weight is 175 g/mol. The lowest BCUT2D eigenvalue weighted by molar-refractivity contribution is -0.248. The predicted octanol–water partition coefficient (Wildman–Crippen LogP) is 1.65. The summed E-state index contributed by atoms with van der Waals surface area (Å²) in [5.74, 6) is 5.95. The molecule has 1 heteroatoms. The lowest BCUT2D eigenvalue weighted by Crippen LogP contribution is -2.70. The van der Waals surface area contributed by atoms with E-state index in [-0.39, 0.29) is 0 Å². The zero-order valence-corrected chi connectivity index (χ0v) is 8.05. The van der Waals surface area contributed by atoms with E-state index in [1.54, 1.807) is 0 Å². The number of hydrogen-bond donors (Lipinski definition) is 1. The monoisotopic (exact) mass is 175 g/mol. The first-order valence-electron chi connectivity index (χ1n) is 5.53. The van der Waals surface area contributed by atoms with E-state index in [0.29, 0.717) is 0 Å². The van der Waals surface area contributed by atoms with Crippen molar-refractivity contribution in [2.75, 3.05) is 13.1 Å². The van der Waals surface area contributed by atoms with Crippen molar-refractivity contribution in [3.8, 4) is 12.3 Å². The molecule has 3 aliphatic rings. The summed E-state index contributed by atoms with van der Waals surface area (Å²) in [5.41, 5.74) is 0.722. The summed E-state index contributed by atoms with van der Waals surface area (Å²) >= 11 is 0. The maximum Gasteiger partial charge on any atom is 0.0574 e. The molecule has 1 N–H and O–H groups in total. The number of terminal acetylenes is 1. The van der Waals surface area contributed by atoms with Crippen molar-refractivity contribution in [2.24, 2.45) is 23.2 Å². The molecule has 4 atom stereocenters. The van der Waals surface area contributed by atoms with Gasteiger partial charge in [-0.1, -0.05) is 5.92 Å².